The molecule has 0 unspecified atom stereocenters. The van der Waals surface area contributed by atoms with E-state index in [0.717, 1.165) is 6.07 Å². The first-order valence-corrected chi connectivity index (χ1v) is 7.12. The fourth-order valence-electron chi connectivity index (χ4n) is 1.48. The minimum absolute atomic E-state index is 0.0685. The summed E-state index contributed by atoms with van der Waals surface area (Å²) < 4.78 is 44.5. The van der Waals surface area contributed by atoms with Crippen molar-refractivity contribution in [1.29, 1.82) is 0 Å². The van der Waals surface area contributed by atoms with Gasteiger partial charge < -0.3 is 10.3 Å². The molecule has 0 aliphatic carbocycles. The quantitative estimate of drug-likeness (QED) is 0.811. The van der Waals surface area contributed by atoms with Gasteiger partial charge in [-0.3, -0.25) is 0 Å². The second-order valence-electron chi connectivity index (χ2n) is 4.18. The van der Waals surface area contributed by atoms with Crippen molar-refractivity contribution < 1.29 is 17.3 Å². The largest absolute Gasteiger partial charge is 0.398 e. The number of hydrogen-bond acceptors (Lipinski definition) is 6. The summed E-state index contributed by atoms with van der Waals surface area (Å²) >= 11 is 0. The number of benzene rings is 1. The number of anilines is 1. The number of rotatable bonds is 4. The molecule has 20 heavy (non-hydrogen) atoms. The van der Waals surface area contributed by atoms with Crippen LogP contribution in [0.1, 0.15) is 17.3 Å². The standard InChI is InChI=1S/C11H13FN4O3S/c1-6-9(12)3-8(4-10(6)13)20(17,18)14-5-11-15-7(2)16-19-11/h3-4,14H,5,13H2,1-2H3. The lowest BCUT2D eigenvalue weighted by Crippen LogP contribution is -2.23. The van der Waals surface area contributed by atoms with E-state index in [4.69, 9.17) is 10.3 Å². The lowest BCUT2D eigenvalue weighted by molar-refractivity contribution is 0.372. The highest BCUT2D eigenvalue weighted by Crippen LogP contribution is 2.20. The van der Waals surface area contributed by atoms with Crippen LogP contribution in [0.5, 0.6) is 0 Å². The van der Waals surface area contributed by atoms with Crippen LogP contribution in [0.4, 0.5) is 10.1 Å². The molecular weight excluding hydrogens is 287 g/mol. The highest BCUT2D eigenvalue weighted by molar-refractivity contribution is 7.89. The van der Waals surface area contributed by atoms with E-state index in [2.05, 4.69) is 14.9 Å². The topological polar surface area (TPSA) is 111 Å². The summed E-state index contributed by atoms with van der Waals surface area (Å²) in [6, 6.07) is 2.10. The molecule has 2 aromatic rings. The summed E-state index contributed by atoms with van der Waals surface area (Å²) in [4.78, 5) is 3.60. The molecule has 1 aromatic carbocycles. The smallest absolute Gasteiger partial charge is 0.241 e. The summed E-state index contributed by atoms with van der Waals surface area (Å²) in [7, 11) is -3.91. The molecule has 3 N–H and O–H groups in total. The summed E-state index contributed by atoms with van der Waals surface area (Å²) in [5.41, 5.74) is 5.83. The van der Waals surface area contributed by atoms with Crippen LogP contribution in [0.15, 0.2) is 21.6 Å². The van der Waals surface area contributed by atoms with Crippen LogP contribution in [0.25, 0.3) is 0 Å². The van der Waals surface area contributed by atoms with Gasteiger partial charge in [-0.2, -0.15) is 4.98 Å². The minimum Gasteiger partial charge on any atom is -0.398 e. The van der Waals surface area contributed by atoms with Crippen LogP contribution >= 0.6 is 0 Å². The van der Waals surface area contributed by atoms with E-state index in [9.17, 15) is 12.8 Å². The van der Waals surface area contributed by atoms with Crippen LogP contribution in [0, 0.1) is 19.7 Å². The second kappa shape index (κ2) is 5.17. The van der Waals surface area contributed by atoms with Gasteiger partial charge in [0.15, 0.2) is 5.82 Å². The van der Waals surface area contributed by atoms with Crippen molar-refractivity contribution in [2.75, 3.05) is 5.73 Å². The number of nitrogens with two attached hydrogens (primary N) is 1. The average Bonchev–Trinajstić information content (AvgIpc) is 2.79. The van der Waals surface area contributed by atoms with Gasteiger partial charge in [0.2, 0.25) is 15.9 Å². The Bertz CT molecular complexity index is 719. The second-order valence-corrected chi connectivity index (χ2v) is 5.95. The average molecular weight is 300 g/mol. The maximum Gasteiger partial charge on any atom is 0.241 e. The van der Waals surface area contributed by atoms with Gasteiger partial charge >= 0.3 is 0 Å². The van der Waals surface area contributed by atoms with E-state index in [1.54, 1.807) is 6.92 Å². The van der Waals surface area contributed by atoms with Crippen LogP contribution in [0.2, 0.25) is 0 Å². The first kappa shape index (κ1) is 14.4. The van der Waals surface area contributed by atoms with Gasteiger partial charge in [-0.1, -0.05) is 5.16 Å². The predicted octanol–water partition coefficient (Wildman–Crippen LogP) is 0.886. The van der Waals surface area contributed by atoms with Gasteiger partial charge in [-0.25, -0.2) is 17.5 Å². The number of aromatic nitrogens is 2. The van der Waals surface area contributed by atoms with Gasteiger partial charge in [0, 0.05) is 11.3 Å². The molecule has 0 radical (unpaired) electrons. The monoisotopic (exact) mass is 300 g/mol. The maximum absolute atomic E-state index is 13.5. The Morgan fingerprint density at radius 1 is 1.40 bits per heavy atom. The molecule has 0 atom stereocenters. The molecule has 2 rings (SSSR count). The lowest BCUT2D eigenvalue weighted by atomic mass is 10.2. The Kier molecular flexibility index (Phi) is 3.73. The SMILES string of the molecule is Cc1noc(CNS(=O)(=O)c2cc(N)c(C)c(F)c2)n1. The fraction of sp³-hybridized carbons (Fsp3) is 0.273. The van der Waals surface area contributed by atoms with E-state index in [1.165, 1.54) is 13.0 Å². The van der Waals surface area contributed by atoms with E-state index in [0.29, 0.717) is 5.82 Å². The molecule has 0 saturated heterocycles. The first-order chi connectivity index (χ1) is 9.29. The van der Waals surface area contributed by atoms with Gasteiger partial charge in [0.05, 0.1) is 11.4 Å². The third-order valence-corrected chi connectivity index (χ3v) is 4.03. The molecule has 1 heterocycles. The van der Waals surface area contributed by atoms with Gasteiger partial charge in [-0.05, 0) is 26.0 Å². The van der Waals surface area contributed by atoms with E-state index < -0.39 is 15.8 Å². The van der Waals surface area contributed by atoms with Gasteiger partial charge in [-0.15, -0.1) is 0 Å². The third-order valence-electron chi connectivity index (χ3n) is 2.65. The van der Waals surface area contributed by atoms with Crippen LogP contribution in [-0.2, 0) is 16.6 Å². The Morgan fingerprint density at radius 3 is 2.65 bits per heavy atom. The summed E-state index contributed by atoms with van der Waals surface area (Å²) in [5, 5.41) is 3.53. The van der Waals surface area contributed by atoms with Gasteiger partial charge in [0.1, 0.15) is 5.82 Å². The van der Waals surface area contributed by atoms with E-state index in [1.807, 2.05) is 0 Å². The Hall–Kier alpha value is -2.00. The van der Waals surface area contributed by atoms with Gasteiger partial charge in [0.25, 0.3) is 0 Å². The number of aryl methyl sites for hydroxylation is 1. The molecule has 0 fully saturated rings. The molecule has 9 heteroatoms. The molecule has 108 valence electrons. The molecule has 0 spiro atoms. The maximum atomic E-state index is 13.5. The summed E-state index contributed by atoms with van der Waals surface area (Å²) in [6.07, 6.45) is 0. The molecular formula is C11H13FN4O3S. The van der Waals surface area contributed by atoms with Crippen LogP contribution < -0.4 is 10.5 Å². The zero-order valence-corrected chi connectivity index (χ0v) is 11.7. The normalized spacial score (nSPS) is 11.8. The van der Waals surface area contributed by atoms with E-state index >= 15 is 0 Å². The van der Waals surface area contributed by atoms with Crippen LogP contribution in [0.3, 0.4) is 0 Å². The molecule has 0 aliphatic rings. The van der Waals surface area contributed by atoms with Crippen molar-refractivity contribution in [2.24, 2.45) is 0 Å². The predicted molar refractivity (Wildman–Crippen MR) is 68.6 cm³/mol. The number of halogens is 1. The third kappa shape index (κ3) is 2.94. The molecule has 0 bridgehead atoms. The van der Waals surface area contributed by atoms with E-state index in [-0.39, 0.29) is 28.6 Å². The van der Waals surface area contributed by atoms with Crippen molar-refractivity contribution in [3.63, 3.8) is 0 Å². The Morgan fingerprint density at radius 2 is 2.10 bits per heavy atom. The number of sulfonamides is 1. The number of nitrogens with one attached hydrogen (secondary N) is 1. The minimum atomic E-state index is -3.91. The Balaban J connectivity index is 2.22. The van der Waals surface area contributed by atoms with Crippen molar-refractivity contribution in [3.8, 4) is 0 Å². The summed E-state index contributed by atoms with van der Waals surface area (Å²) in [6.45, 7) is 2.89. The number of hydrogen-bond donors (Lipinski definition) is 2. The molecule has 1 aromatic heterocycles. The zero-order chi connectivity index (χ0) is 14.9. The summed E-state index contributed by atoms with van der Waals surface area (Å²) in [5.74, 6) is -0.171. The highest BCUT2D eigenvalue weighted by atomic mass is 32.2. The molecule has 7 nitrogen and oxygen atoms in total. The van der Waals surface area contributed by atoms with Crippen LogP contribution in [-0.4, -0.2) is 18.6 Å². The lowest BCUT2D eigenvalue weighted by Gasteiger charge is -2.08. The molecule has 0 amide bonds. The van der Waals surface area contributed by atoms with Crippen molar-refractivity contribution in [3.05, 3.63) is 35.2 Å². The Labute approximate surface area is 115 Å². The molecule has 0 aliphatic heterocycles. The van der Waals surface area contributed by atoms with Crippen molar-refractivity contribution in [2.45, 2.75) is 25.3 Å². The van der Waals surface area contributed by atoms with Crippen molar-refractivity contribution >= 4 is 15.7 Å². The number of nitrogen functional groups attached to an aromatic ring is 1. The zero-order valence-electron chi connectivity index (χ0n) is 10.8. The fourth-order valence-corrected chi connectivity index (χ4v) is 2.50. The van der Waals surface area contributed by atoms with Crippen molar-refractivity contribution in [1.82, 2.24) is 14.9 Å². The highest BCUT2D eigenvalue weighted by Gasteiger charge is 2.18. The molecule has 0 saturated carbocycles. The number of nitrogens with zero attached hydrogens (tertiary/aromatic N) is 2. The first-order valence-electron chi connectivity index (χ1n) is 5.64.